The maximum atomic E-state index is 12.2. The van der Waals surface area contributed by atoms with Crippen molar-refractivity contribution >= 4 is 33.9 Å². The van der Waals surface area contributed by atoms with Crippen molar-refractivity contribution in [1.82, 2.24) is 10.6 Å². The predicted molar refractivity (Wildman–Crippen MR) is 90.4 cm³/mol. The van der Waals surface area contributed by atoms with E-state index in [9.17, 15) is 14.4 Å². The number of carbonyl (C=O) groups excluding carboxylic acids is 3. The van der Waals surface area contributed by atoms with Crippen LogP contribution in [0.15, 0.2) is 0 Å². The standard InChI is InChI=1S/C15H27BrN2O5/c1-9(2)11(13(20)23-15(4,5)6)18-12(19)10(3)17-14(21)22-8-7-16/h9-11H,7-8H2,1-6H3,(H,17,21)(H,18,19)/t10-,11-/m0/s1. The maximum Gasteiger partial charge on any atom is 0.407 e. The van der Waals surface area contributed by atoms with Crippen molar-refractivity contribution in [2.75, 3.05) is 11.9 Å². The van der Waals surface area contributed by atoms with Crippen molar-refractivity contribution in [3.63, 3.8) is 0 Å². The van der Waals surface area contributed by atoms with Crippen molar-refractivity contribution < 1.29 is 23.9 Å². The summed E-state index contributed by atoms with van der Waals surface area (Å²) in [5, 5.41) is 5.52. The number of esters is 1. The Hall–Kier alpha value is -1.31. The zero-order valence-corrected chi connectivity index (χ0v) is 16.2. The topological polar surface area (TPSA) is 93.7 Å². The molecule has 0 fully saturated rings. The van der Waals surface area contributed by atoms with E-state index < -0.39 is 35.7 Å². The highest BCUT2D eigenvalue weighted by Gasteiger charge is 2.30. The van der Waals surface area contributed by atoms with E-state index >= 15 is 0 Å². The Morgan fingerprint density at radius 3 is 2.09 bits per heavy atom. The van der Waals surface area contributed by atoms with Crippen LogP contribution in [0.25, 0.3) is 0 Å². The lowest BCUT2D eigenvalue weighted by Crippen LogP contribution is -2.53. The van der Waals surface area contributed by atoms with Gasteiger partial charge in [-0.25, -0.2) is 9.59 Å². The van der Waals surface area contributed by atoms with Crippen LogP contribution in [0.5, 0.6) is 0 Å². The highest BCUT2D eigenvalue weighted by Crippen LogP contribution is 2.12. The quantitative estimate of drug-likeness (QED) is 0.508. The molecule has 0 rings (SSSR count). The lowest BCUT2D eigenvalue weighted by atomic mass is 10.0. The third kappa shape index (κ3) is 9.43. The van der Waals surface area contributed by atoms with Gasteiger partial charge in [0.15, 0.2) is 0 Å². The zero-order valence-electron chi connectivity index (χ0n) is 14.6. The Morgan fingerprint density at radius 1 is 1.09 bits per heavy atom. The fourth-order valence-electron chi connectivity index (χ4n) is 1.56. The van der Waals surface area contributed by atoms with Gasteiger partial charge in [-0.15, -0.1) is 0 Å². The molecule has 0 bridgehead atoms. The molecule has 2 amide bonds. The van der Waals surface area contributed by atoms with Gasteiger partial charge in [0.25, 0.3) is 0 Å². The summed E-state index contributed by atoms with van der Waals surface area (Å²) in [6.07, 6.45) is -0.689. The van der Waals surface area contributed by atoms with Gasteiger partial charge in [0.1, 0.15) is 24.3 Å². The first-order valence-corrected chi connectivity index (χ1v) is 8.62. The van der Waals surface area contributed by atoms with Crippen LogP contribution in [0.2, 0.25) is 0 Å². The molecule has 0 aromatic carbocycles. The van der Waals surface area contributed by atoms with Crippen LogP contribution in [0.4, 0.5) is 4.79 Å². The number of alkyl carbamates (subject to hydrolysis) is 1. The Balaban J connectivity index is 4.66. The molecule has 0 heterocycles. The molecule has 0 aliphatic heterocycles. The van der Waals surface area contributed by atoms with Crippen molar-refractivity contribution in [1.29, 1.82) is 0 Å². The SMILES string of the molecule is CC(C)[C@H](NC(=O)[C@H](C)NC(=O)OCCBr)C(=O)OC(C)(C)C. The highest BCUT2D eigenvalue weighted by atomic mass is 79.9. The lowest BCUT2D eigenvalue weighted by Gasteiger charge is -2.27. The number of amides is 2. The predicted octanol–water partition coefficient (Wildman–Crippen LogP) is 1.98. The number of hydrogen-bond donors (Lipinski definition) is 2. The first-order chi connectivity index (χ1) is 10.5. The van der Waals surface area contributed by atoms with Gasteiger partial charge in [-0.3, -0.25) is 4.79 Å². The average molecular weight is 395 g/mol. The highest BCUT2D eigenvalue weighted by molar-refractivity contribution is 9.09. The van der Waals surface area contributed by atoms with Crippen LogP contribution in [-0.2, 0) is 19.1 Å². The molecule has 0 aliphatic rings. The normalized spacial score (nSPS) is 13.9. The minimum absolute atomic E-state index is 0.152. The van der Waals surface area contributed by atoms with Crippen LogP contribution >= 0.6 is 15.9 Å². The monoisotopic (exact) mass is 394 g/mol. The van der Waals surface area contributed by atoms with Gasteiger partial charge in [0.05, 0.1) is 0 Å². The molecule has 2 N–H and O–H groups in total. The van der Waals surface area contributed by atoms with Crippen LogP contribution in [0.1, 0.15) is 41.5 Å². The molecule has 134 valence electrons. The van der Waals surface area contributed by atoms with Crippen LogP contribution in [0.3, 0.4) is 0 Å². The average Bonchev–Trinajstić information content (AvgIpc) is 2.39. The molecule has 0 saturated heterocycles. The van der Waals surface area contributed by atoms with Crippen molar-refractivity contribution in [2.45, 2.75) is 59.2 Å². The summed E-state index contributed by atoms with van der Waals surface area (Å²) in [5.74, 6) is -1.14. The molecule has 8 heteroatoms. The summed E-state index contributed by atoms with van der Waals surface area (Å²) in [6, 6.07) is -1.62. The van der Waals surface area contributed by atoms with E-state index in [1.165, 1.54) is 6.92 Å². The van der Waals surface area contributed by atoms with E-state index in [0.29, 0.717) is 5.33 Å². The second-order valence-electron chi connectivity index (χ2n) is 6.45. The van der Waals surface area contributed by atoms with E-state index in [2.05, 4.69) is 26.6 Å². The number of hydrogen-bond acceptors (Lipinski definition) is 5. The molecule has 0 radical (unpaired) electrons. The number of carbonyl (C=O) groups is 3. The Bertz CT molecular complexity index is 421. The fraction of sp³-hybridized carbons (Fsp3) is 0.800. The smallest absolute Gasteiger partial charge is 0.407 e. The van der Waals surface area contributed by atoms with Crippen molar-refractivity contribution in [3.05, 3.63) is 0 Å². The van der Waals surface area contributed by atoms with Gasteiger partial charge in [-0.2, -0.15) is 0 Å². The summed E-state index contributed by atoms with van der Waals surface area (Å²) in [5.41, 5.74) is -0.641. The van der Waals surface area contributed by atoms with Gasteiger partial charge in [-0.05, 0) is 33.6 Å². The third-order valence-corrected chi connectivity index (χ3v) is 2.99. The number of ether oxygens (including phenoxy) is 2. The van der Waals surface area contributed by atoms with Crippen molar-refractivity contribution in [3.8, 4) is 0 Å². The molecular formula is C15H27BrN2O5. The molecule has 0 aromatic heterocycles. The van der Waals surface area contributed by atoms with Gasteiger partial charge in [0.2, 0.25) is 5.91 Å². The summed E-state index contributed by atoms with van der Waals surface area (Å²) in [7, 11) is 0. The van der Waals surface area contributed by atoms with Gasteiger partial charge in [0, 0.05) is 5.33 Å². The first kappa shape index (κ1) is 21.7. The van der Waals surface area contributed by atoms with Crippen LogP contribution < -0.4 is 10.6 Å². The van der Waals surface area contributed by atoms with E-state index in [4.69, 9.17) is 9.47 Å². The molecule has 23 heavy (non-hydrogen) atoms. The largest absolute Gasteiger partial charge is 0.458 e. The Labute approximate surface area is 146 Å². The van der Waals surface area contributed by atoms with E-state index in [-0.39, 0.29) is 12.5 Å². The minimum atomic E-state index is -0.832. The van der Waals surface area contributed by atoms with Crippen LogP contribution in [0, 0.1) is 5.92 Å². The molecular weight excluding hydrogens is 368 g/mol. The summed E-state index contributed by atoms with van der Waals surface area (Å²) in [4.78, 5) is 35.7. The summed E-state index contributed by atoms with van der Waals surface area (Å²) in [6.45, 7) is 10.6. The second kappa shape index (κ2) is 9.75. The maximum absolute atomic E-state index is 12.2. The third-order valence-electron chi connectivity index (χ3n) is 2.66. The van der Waals surface area contributed by atoms with Gasteiger partial charge in [-0.1, -0.05) is 29.8 Å². The molecule has 0 saturated carbocycles. The lowest BCUT2D eigenvalue weighted by molar-refractivity contribution is -0.160. The number of halogens is 1. The van der Waals surface area contributed by atoms with Gasteiger partial charge < -0.3 is 20.1 Å². The Morgan fingerprint density at radius 2 is 1.65 bits per heavy atom. The molecule has 0 aromatic rings. The van der Waals surface area contributed by atoms with E-state index in [1.54, 1.807) is 34.6 Å². The molecule has 0 aliphatic carbocycles. The molecule has 7 nitrogen and oxygen atoms in total. The van der Waals surface area contributed by atoms with Crippen LogP contribution in [-0.4, -0.2) is 47.6 Å². The fourth-order valence-corrected chi connectivity index (χ4v) is 1.72. The number of nitrogens with one attached hydrogen (secondary N) is 2. The first-order valence-electron chi connectivity index (χ1n) is 7.50. The molecule has 0 spiro atoms. The number of alkyl halides is 1. The molecule has 0 unspecified atom stereocenters. The summed E-state index contributed by atoms with van der Waals surface area (Å²) < 4.78 is 10.1. The zero-order chi connectivity index (χ0) is 18.2. The van der Waals surface area contributed by atoms with Gasteiger partial charge >= 0.3 is 12.1 Å². The number of rotatable bonds is 7. The summed E-state index contributed by atoms with van der Waals surface area (Å²) >= 11 is 3.13. The van der Waals surface area contributed by atoms with E-state index in [1.807, 2.05) is 0 Å². The Kier molecular flexibility index (Phi) is 9.19. The second-order valence-corrected chi connectivity index (χ2v) is 7.25. The minimum Gasteiger partial charge on any atom is -0.458 e. The van der Waals surface area contributed by atoms with E-state index in [0.717, 1.165) is 0 Å². The molecule has 2 atom stereocenters. The van der Waals surface area contributed by atoms with Crippen molar-refractivity contribution in [2.24, 2.45) is 5.92 Å².